The first kappa shape index (κ1) is 8.60. The van der Waals surface area contributed by atoms with Crippen LogP contribution in [0.3, 0.4) is 0 Å². The summed E-state index contributed by atoms with van der Waals surface area (Å²) < 4.78 is 1.41. The summed E-state index contributed by atoms with van der Waals surface area (Å²) in [5.41, 5.74) is 5.98. The minimum Gasteiger partial charge on any atom is -0.327 e. The summed E-state index contributed by atoms with van der Waals surface area (Å²) in [6, 6.07) is 4.71. The quantitative estimate of drug-likeness (QED) is 0.792. The van der Waals surface area contributed by atoms with E-state index in [2.05, 4.69) is 17.5 Å². The van der Waals surface area contributed by atoms with Crippen LogP contribution in [0.15, 0.2) is 21.7 Å². The summed E-state index contributed by atoms with van der Waals surface area (Å²) in [5, 5.41) is 2.80. The summed E-state index contributed by atoms with van der Waals surface area (Å²) in [5.74, 6) is 0. The Kier molecular flexibility index (Phi) is 2.73. The second-order valence-corrected chi connectivity index (χ2v) is 5.67. The molecule has 0 bridgehead atoms. The molecular formula is C9H13NS2. The lowest BCUT2D eigenvalue weighted by Crippen LogP contribution is -2.26. The number of thioether (sulfide) groups is 1. The van der Waals surface area contributed by atoms with Crippen molar-refractivity contribution in [1.29, 1.82) is 0 Å². The number of hydrogen-bond donors (Lipinski definition) is 1. The molecule has 0 amide bonds. The minimum atomic E-state index is 0.428. The Bertz CT molecular complexity index is 233. The van der Waals surface area contributed by atoms with Crippen molar-refractivity contribution in [3.63, 3.8) is 0 Å². The first-order valence-corrected chi connectivity index (χ1v) is 6.08. The van der Waals surface area contributed by atoms with Crippen LogP contribution in [0, 0.1) is 0 Å². The smallest absolute Gasteiger partial charge is 0.0601 e. The summed E-state index contributed by atoms with van der Waals surface area (Å²) in [7, 11) is 0. The molecule has 66 valence electrons. The molecule has 12 heavy (non-hydrogen) atoms. The van der Waals surface area contributed by atoms with E-state index in [0.717, 1.165) is 0 Å². The van der Waals surface area contributed by atoms with Gasteiger partial charge in [0.15, 0.2) is 0 Å². The highest BCUT2D eigenvalue weighted by atomic mass is 32.2. The molecule has 1 saturated carbocycles. The molecule has 2 rings (SSSR count). The number of nitrogens with two attached hydrogens (primary N) is 1. The SMILES string of the molecule is NC1CCCC1Sc1cccs1. The molecule has 1 nitrogen and oxygen atoms in total. The van der Waals surface area contributed by atoms with Crippen molar-refractivity contribution in [2.24, 2.45) is 5.73 Å². The number of hydrogen-bond acceptors (Lipinski definition) is 3. The molecule has 1 aromatic heterocycles. The summed E-state index contributed by atoms with van der Waals surface area (Å²) in [4.78, 5) is 0. The molecule has 0 aromatic carbocycles. The zero-order valence-electron chi connectivity index (χ0n) is 6.90. The molecule has 1 aliphatic carbocycles. The molecule has 0 radical (unpaired) electrons. The van der Waals surface area contributed by atoms with E-state index in [1.54, 1.807) is 0 Å². The van der Waals surface area contributed by atoms with Crippen LogP contribution in [-0.2, 0) is 0 Å². The van der Waals surface area contributed by atoms with Gasteiger partial charge in [-0.1, -0.05) is 12.5 Å². The molecule has 0 saturated heterocycles. The van der Waals surface area contributed by atoms with Crippen LogP contribution in [-0.4, -0.2) is 11.3 Å². The van der Waals surface area contributed by atoms with E-state index in [0.29, 0.717) is 11.3 Å². The maximum absolute atomic E-state index is 5.98. The summed E-state index contributed by atoms with van der Waals surface area (Å²) in [6.07, 6.45) is 3.82. The van der Waals surface area contributed by atoms with Crippen molar-refractivity contribution in [2.45, 2.75) is 34.8 Å². The molecule has 1 fully saturated rings. The predicted octanol–water partition coefficient (Wildman–Crippen LogP) is 2.72. The van der Waals surface area contributed by atoms with Gasteiger partial charge in [-0.2, -0.15) is 0 Å². The van der Waals surface area contributed by atoms with Gasteiger partial charge in [-0.15, -0.1) is 23.1 Å². The maximum atomic E-state index is 5.98. The van der Waals surface area contributed by atoms with E-state index >= 15 is 0 Å². The van der Waals surface area contributed by atoms with Crippen LogP contribution in [0.2, 0.25) is 0 Å². The lowest BCUT2D eigenvalue weighted by Gasteiger charge is -2.12. The van der Waals surface area contributed by atoms with Gasteiger partial charge in [0.1, 0.15) is 0 Å². The summed E-state index contributed by atoms with van der Waals surface area (Å²) in [6.45, 7) is 0. The van der Waals surface area contributed by atoms with Crippen molar-refractivity contribution in [3.05, 3.63) is 17.5 Å². The number of rotatable bonds is 2. The molecule has 2 unspecified atom stereocenters. The topological polar surface area (TPSA) is 26.0 Å². The first-order valence-electron chi connectivity index (χ1n) is 4.32. The first-order chi connectivity index (χ1) is 5.86. The Hall–Kier alpha value is 0.01000. The lowest BCUT2D eigenvalue weighted by atomic mass is 10.3. The van der Waals surface area contributed by atoms with Crippen LogP contribution >= 0.6 is 23.1 Å². The van der Waals surface area contributed by atoms with Gasteiger partial charge in [-0.05, 0) is 24.3 Å². The van der Waals surface area contributed by atoms with Crippen LogP contribution in [0.1, 0.15) is 19.3 Å². The Balaban J connectivity index is 1.95. The van der Waals surface area contributed by atoms with Crippen molar-refractivity contribution in [1.82, 2.24) is 0 Å². The van der Waals surface area contributed by atoms with Crippen LogP contribution in [0.5, 0.6) is 0 Å². The fourth-order valence-corrected chi connectivity index (χ4v) is 3.84. The molecule has 1 aliphatic rings. The predicted molar refractivity (Wildman–Crippen MR) is 55.8 cm³/mol. The molecule has 0 aliphatic heterocycles. The highest BCUT2D eigenvalue weighted by Gasteiger charge is 2.24. The third kappa shape index (κ3) is 1.84. The molecule has 2 N–H and O–H groups in total. The summed E-state index contributed by atoms with van der Waals surface area (Å²) >= 11 is 3.78. The average Bonchev–Trinajstić information content (AvgIpc) is 2.65. The highest BCUT2D eigenvalue weighted by molar-refractivity contribution is 8.01. The zero-order valence-corrected chi connectivity index (χ0v) is 8.53. The van der Waals surface area contributed by atoms with Gasteiger partial charge in [-0.25, -0.2) is 0 Å². The monoisotopic (exact) mass is 199 g/mol. The van der Waals surface area contributed by atoms with Gasteiger partial charge in [-0.3, -0.25) is 0 Å². The average molecular weight is 199 g/mol. The standard InChI is InChI=1S/C9H13NS2/c10-7-3-1-4-8(7)12-9-5-2-6-11-9/h2,5-8H,1,3-4,10H2. The van der Waals surface area contributed by atoms with Crippen molar-refractivity contribution in [2.75, 3.05) is 0 Å². The Morgan fingerprint density at radius 2 is 2.42 bits per heavy atom. The van der Waals surface area contributed by atoms with Gasteiger partial charge >= 0.3 is 0 Å². The second-order valence-electron chi connectivity index (χ2n) is 3.18. The largest absolute Gasteiger partial charge is 0.327 e. The Morgan fingerprint density at radius 1 is 1.50 bits per heavy atom. The fraction of sp³-hybridized carbons (Fsp3) is 0.556. The lowest BCUT2D eigenvalue weighted by molar-refractivity contribution is 0.716. The van der Waals surface area contributed by atoms with Crippen molar-refractivity contribution in [3.8, 4) is 0 Å². The van der Waals surface area contributed by atoms with Crippen LogP contribution in [0.25, 0.3) is 0 Å². The van der Waals surface area contributed by atoms with Gasteiger partial charge in [0.05, 0.1) is 4.21 Å². The van der Waals surface area contributed by atoms with E-state index < -0.39 is 0 Å². The molecule has 1 heterocycles. The second kappa shape index (κ2) is 3.81. The molecule has 3 heteroatoms. The fourth-order valence-electron chi connectivity index (χ4n) is 1.58. The molecule has 2 atom stereocenters. The molecule has 1 aromatic rings. The molecular weight excluding hydrogens is 186 g/mol. The van der Waals surface area contributed by atoms with Gasteiger partial charge < -0.3 is 5.73 Å². The third-order valence-corrected chi connectivity index (χ3v) is 4.76. The van der Waals surface area contributed by atoms with Crippen LogP contribution in [0.4, 0.5) is 0 Å². The van der Waals surface area contributed by atoms with Gasteiger partial charge in [0, 0.05) is 11.3 Å². The van der Waals surface area contributed by atoms with Crippen LogP contribution < -0.4 is 5.73 Å². The third-order valence-electron chi connectivity index (χ3n) is 2.27. The Labute approximate surface area is 81.4 Å². The zero-order chi connectivity index (χ0) is 8.39. The highest BCUT2D eigenvalue weighted by Crippen LogP contribution is 2.36. The van der Waals surface area contributed by atoms with E-state index in [-0.39, 0.29) is 0 Å². The van der Waals surface area contributed by atoms with Crippen molar-refractivity contribution < 1.29 is 0 Å². The maximum Gasteiger partial charge on any atom is 0.0601 e. The van der Waals surface area contributed by atoms with E-state index in [9.17, 15) is 0 Å². The van der Waals surface area contributed by atoms with E-state index in [1.807, 2.05) is 23.1 Å². The van der Waals surface area contributed by atoms with Gasteiger partial charge in [0.25, 0.3) is 0 Å². The minimum absolute atomic E-state index is 0.428. The van der Waals surface area contributed by atoms with Crippen molar-refractivity contribution >= 4 is 23.1 Å². The van der Waals surface area contributed by atoms with E-state index in [1.165, 1.54) is 23.5 Å². The normalized spacial score (nSPS) is 29.4. The van der Waals surface area contributed by atoms with E-state index in [4.69, 9.17) is 5.73 Å². The van der Waals surface area contributed by atoms with Gasteiger partial charge in [0.2, 0.25) is 0 Å². The number of thiophene rings is 1. The molecule has 0 spiro atoms. The Morgan fingerprint density at radius 3 is 3.00 bits per heavy atom.